The molecule has 0 aliphatic rings. The Bertz CT molecular complexity index is 306. The van der Waals surface area contributed by atoms with Crippen LogP contribution in [0, 0.1) is 5.82 Å². The van der Waals surface area contributed by atoms with Gasteiger partial charge in [0.05, 0.1) is 4.47 Å². The highest BCUT2D eigenvalue weighted by atomic mass is 79.9. The number of aliphatic hydroxyl groups excluding tert-OH is 1. The molecule has 1 rings (SSSR count). The van der Waals surface area contributed by atoms with E-state index in [0.717, 1.165) is 5.56 Å². The molecule has 0 bridgehead atoms. The fourth-order valence-corrected chi connectivity index (χ4v) is 1.47. The standard InChI is InChI=1S/C10H13BrFNO/c11-8-4-3-7(6-9(8)12)10(13)2-1-5-14/h3-4,6,10,14H,1-2,5,13H2/t10-/m1/s1. The smallest absolute Gasteiger partial charge is 0.137 e. The molecule has 14 heavy (non-hydrogen) atoms. The third-order valence-electron chi connectivity index (χ3n) is 2.05. The number of halogens is 2. The van der Waals surface area contributed by atoms with Crippen LogP contribution in [0.3, 0.4) is 0 Å². The average molecular weight is 262 g/mol. The van der Waals surface area contributed by atoms with Crippen molar-refractivity contribution in [2.45, 2.75) is 18.9 Å². The zero-order valence-corrected chi connectivity index (χ0v) is 9.30. The molecule has 1 atom stereocenters. The summed E-state index contributed by atoms with van der Waals surface area (Å²) in [5, 5.41) is 8.62. The van der Waals surface area contributed by atoms with Crippen molar-refractivity contribution in [3.8, 4) is 0 Å². The van der Waals surface area contributed by atoms with Gasteiger partial charge in [0.25, 0.3) is 0 Å². The summed E-state index contributed by atoms with van der Waals surface area (Å²) in [5.41, 5.74) is 6.57. The number of nitrogens with two attached hydrogens (primary N) is 1. The van der Waals surface area contributed by atoms with Gasteiger partial charge in [-0.2, -0.15) is 0 Å². The minimum absolute atomic E-state index is 0.118. The quantitative estimate of drug-likeness (QED) is 0.874. The molecule has 0 spiro atoms. The Morgan fingerprint density at radius 2 is 2.21 bits per heavy atom. The zero-order chi connectivity index (χ0) is 10.6. The van der Waals surface area contributed by atoms with Crippen molar-refractivity contribution in [2.24, 2.45) is 5.73 Å². The number of hydrogen-bond donors (Lipinski definition) is 2. The first kappa shape index (κ1) is 11.6. The summed E-state index contributed by atoms with van der Waals surface area (Å²) in [6, 6.07) is 4.65. The van der Waals surface area contributed by atoms with Gasteiger partial charge in [0.15, 0.2) is 0 Å². The second-order valence-corrected chi connectivity index (χ2v) is 4.00. The highest BCUT2D eigenvalue weighted by Crippen LogP contribution is 2.21. The fraction of sp³-hybridized carbons (Fsp3) is 0.400. The maximum Gasteiger partial charge on any atom is 0.137 e. The molecular formula is C10H13BrFNO. The highest BCUT2D eigenvalue weighted by Gasteiger charge is 2.07. The number of rotatable bonds is 4. The van der Waals surface area contributed by atoms with Crippen molar-refractivity contribution in [3.63, 3.8) is 0 Å². The van der Waals surface area contributed by atoms with Crippen LogP contribution in [-0.4, -0.2) is 11.7 Å². The van der Waals surface area contributed by atoms with E-state index in [1.165, 1.54) is 6.07 Å². The van der Waals surface area contributed by atoms with Crippen molar-refractivity contribution < 1.29 is 9.50 Å². The Hall–Kier alpha value is -0.450. The predicted octanol–water partition coefficient (Wildman–Crippen LogP) is 2.36. The maximum absolute atomic E-state index is 13.1. The Morgan fingerprint density at radius 1 is 1.50 bits per heavy atom. The molecule has 0 aromatic heterocycles. The third kappa shape index (κ3) is 3.04. The average Bonchev–Trinajstić information content (AvgIpc) is 2.18. The van der Waals surface area contributed by atoms with Gasteiger partial charge in [-0.05, 0) is 46.5 Å². The summed E-state index contributed by atoms with van der Waals surface area (Å²) in [7, 11) is 0. The summed E-state index contributed by atoms with van der Waals surface area (Å²) in [6.45, 7) is 0.118. The van der Waals surface area contributed by atoms with Crippen molar-refractivity contribution >= 4 is 15.9 Å². The van der Waals surface area contributed by atoms with Crippen LogP contribution in [0.5, 0.6) is 0 Å². The van der Waals surface area contributed by atoms with Crippen molar-refractivity contribution in [1.82, 2.24) is 0 Å². The number of hydrogen-bond acceptors (Lipinski definition) is 2. The Labute approximate surface area is 91.1 Å². The topological polar surface area (TPSA) is 46.2 Å². The van der Waals surface area contributed by atoms with Crippen LogP contribution in [0.4, 0.5) is 4.39 Å². The first-order valence-corrected chi connectivity index (χ1v) is 5.26. The van der Waals surface area contributed by atoms with Crippen LogP contribution in [-0.2, 0) is 0 Å². The summed E-state index contributed by atoms with van der Waals surface area (Å²) in [4.78, 5) is 0. The normalized spacial score (nSPS) is 12.9. The zero-order valence-electron chi connectivity index (χ0n) is 7.71. The summed E-state index contributed by atoms with van der Waals surface area (Å²) in [6.07, 6.45) is 1.30. The lowest BCUT2D eigenvalue weighted by molar-refractivity contribution is 0.280. The van der Waals surface area contributed by atoms with E-state index in [1.807, 2.05) is 0 Å². The lowest BCUT2D eigenvalue weighted by Gasteiger charge is -2.11. The molecule has 3 N–H and O–H groups in total. The van der Waals surface area contributed by atoms with Gasteiger partial charge in [0, 0.05) is 12.6 Å². The monoisotopic (exact) mass is 261 g/mol. The SMILES string of the molecule is N[C@H](CCCO)c1ccc(Br)c(F)c1. The van der Waals surface area contributed by atoms with Gasteiger partial charge in [-0.3, -0.25) is 0 Å². The van der Waals surface area contributed by atoms with Gasteiger partial charge >= 0.3 is 0 Å². The number of aliphatic hydroxyl groups is 1. The molecule has 0 heterocycles. The molecule has 0 saturated heterocycles. The first-order chi connectivity index (χ1) is 6.65. The maximum atomic E-state index is 13.1. The predicted molar refractivity (Wildman–Crippen MR) is 57.3 cm³/mol. The van der Waals surface area contributed by atoms with Gasteiger partial charge in [0.1, 0.15) is 5.82 Å². The van der Waals surface area contributed by atoms with Gasteiger partial charge in [-0.15, -0.1) is 0 Å². The van der Waals surface area contributed by atoms with Crippen LogP contribution in [0.25, 0.3) is 0 Å². The largest absolute Gasteiger partial charge is 0.396 e. The van der Waals surface area contributed by atoms with Crippen LogP contribution in [0.15, 0.2) is 22.7 Å². The molecule has 0 unspecified atom stereocenters. The molecule has 0 radical (unpaired) electrons. The van der Waals surface area contributed by atoms with Crippen LogP contribution < -0.4 is 5.73 Å². The molecule has 0 aliphatic heterocycles. The molecule has 0 saturated carbocycles. The van der Waals surface area contributed by atoms with E-state index in [-0.39, 0.29) is 18.5 Å². The van der Waals surface area contributed by atoms with E-state index in [0.29, 0.717) is 17.3 Å². The number of benzene rings is 1. The Kier molecular flexibility index (Phi) is 4.51. The summed E-state index contributed by atoms with van der Waals surface area (Å²) < 4.78 is 13.6. The van der Waals surface area contributed by atoms with E-state index in [2.05, 4.69) is 15.9 Å². The van der Waals surface area contributed by atoms with E-state index >= 15 is 0 Å². The highest BCUT2D eigenvalue weighted by molar-refractivity contribution is 9.10. The first-order valence-electron chi connectivity index (χ1n) is 4.46. The molecule has 4 heteroatoms. The van der Waals surface area contributed by atoms with Crippen molar-refractivity contribution in [3.05, 3.63) is 34.1 Å². The molecule has 1 aromatic rings. The fourth-order valence-electron chi connectivity index (χ4n) is 1.22. The lowest BCUT2D eigenvalue weighted by atomic mass is 10.0. The third-order valence-corrected chi connectivity index (χ3v) is 2.69. The van der Waals surface area contributed by atoms with Gasteiger partial charge in [0.2, 0.25) is 0 Å². The molecule has 0 fully saturated rings. The van der Waals surface area contributed by atoms with Crippen LogP contribution in [0.2, 0.25) is 0 Å². The summed E-state index contributed by atoms with van der Waals surface area (Å²) in [5.74, 6) is -0.304. The molecule has 78 valence electrons. The van der Waals surface area contributed by atoms with E-state index in [9.17, 15) is 4.39 Å². The molecule has 1 aromatic carbocycles. The second kappa shape index (κ2) is 5.44. The summed E-state index contributed by atoms with van der Waals surface area (Å²) >= 11 is 3.08. The van der Waals surface area contributed by atoms with E-state index < -0.39 is 0 Å². The van der Waals surface area contributed by atoms with Crippen molar-refractivity contribution in [2.75, 3.05) is 6.61 Å². The van der Waals surface area contributed by atoms with Gasteiger partial charge in [-0.25, -0.2) is 4.39 Å². The lowest BCUT2D eigenvalue weighted by Crippen LogP contribution is -2.11. The van der Waals surface area contributed by atoms with Crippen molar-refractivity contribution in [1.29, 1.82) is 0 Å². The molecule has 0 amide bonds. The Balaban J connectivity index is 2.70. The molecular weight excluding hydrogens is 249 g/mol. The van der Waals surface area contributed by atoms with Gasteiger partial charge < -0.3 is 10.8 Å². The van der Waals surface area contributed by atoms with E-state index in [1.54, 1.807) is 12.1 Å². The van der Waals surface area contributed by atoms with Gasteiger partial charge in [-0.1, -0.05) is 6.07 Å². The molecule has 0 aliphatic carbocycles. The molecule has 2 nitrogen and oxygen atoms in total. The van der Waals surface area contributed by atoms with Crippen LogP contribution >= 0.6 is 15.9 Å². The minimum atomic E-state index is -0.304. The second-order valence-electron chi connectivity index (χ2n) is 3.15. The Morgan fingerprint density at radius 3 is 2.79 bits per heavy atom. The van der Waals surface area contributed by atoms with E-state index in [4.69, 9.17) is 10.8 Å². The minimum Gasteiger partial charge on any atom is -0.396 e. The van der Waals surface area contributed by atoms with Crippen LogP contribution in [0.1, 0.15) is 24.4 Å².